The normalized spacial score (nSPS) is 14.4. The molecule has 7 heteroatoms. The number of aromatic nitrogens is 3. The molecule has 0 radical (unpaired) electrons. The Morgan fingerprint density at radius 2 is 1.72 bits per heavy atom. The van der Waals surface area contributed by atoms with E-state index in [0.717, 1.165) is 11.4 Å². The van der Waals surface area contributed by atoms with Crippen LogP contribution < -0.4 is 4.90 Å². The van der Waals surface area contributed by atoms with Crippen molar-refractivity contribution >= 4 is 17.7 Å². The van der Waals surface area contributed by atoms with Crippen LogP contribution in [0.5, 0.6) is 0 Å². The average Bonchev–Trinajstić information content (AvgIpc) is 3.12. The van der Waals surface area contributed by atoms with E-state index in [-0.39, 0.29) is 24.3 Å². The van der Waals surface area contributed by atoms with E-state index in [9.17, 15) is 9.59 Å². The first-order valence-corrected chi connectivity index (χ1v) is 11.0. The summed E-state index contributed by atoms with van der Waals surface area (Å²) in [5.74, 6) is 0.0135. The minimum absolute atomic E-state index is 0.166. The van der Waals surface area contributed by atoms with Gasteiger partial charge in [-0.15, -0.1) is 0 Å². The number of esters is 1. The third-order valence-corrected chi connectivity index (χ3v) is 6.07. The first-order chi connectivity index (χ1) is 15.5. The van der Waals surface area contributed by atoms with Crippen molar-refractivity contribution in [1.29, 1.82) is 0 Å². The SMILES string of the molecule is Cc1cc(C(=O)COC(=O)C2CCN(c3ncccn3)CC2)c(C)n1Cc1ccccc1. The van der Waals surface area contributed by atoms with Crippen LogP contribution in [0.15, 0.2) is 54.9 Å². The van der Waals surface area contributed by atoms with Crippen LogP contribution >= 0.6 is 0 Å². The van der Waals surface area contributed by atoms with Crippen LogP contribution in [0.4, 0.5) is 5.95 Å². The summed E-state index contributed by atoms with van der Waals surface area (Å²) in [4.78, 5) is 35.9. The van der Waals surface area contributed by atoms with Crippen molar-refractivity contribution in [3.8, 4) is 0 Å². The molecule has 0 amide bonds. The zero-order chi connectivity index (χ0) is 22.5. The number of anilines is 1. The summed E-state index contributed by atoms with van der Waals surface area (Å²) in [5, 5.41) is 0. The predicted octanol–water partition coefficient (Wildman–Crippen LogP) is 3.59. The number of ether oxygens (including phenoxy) is 1. The first kappa shape index (κ1) is 21.7. The van der Waals surface area contributed by atoms with E-state index in [0.29, 0.717) is 44.0 Å². The van der Waals surface area contributed by atoms with Crippen molar-refractivity contribution < 1.29 is 14.3 Å². The molecule has 7 nitrogen and oxygen atoms in total. The smallest absolute Gasteiger partial charge is 0.309 e. The maximum absolute atomic E-state index is 12.8. The van der Waals surface area contributed by atoms with E-state index in [1.54, 1.807) is 18.5 Å². The van der Waals surface area contributed by atoms with Gasteiger partial charge in [0, 0.05) is 49.0 Å². The summed E-state index contributed by atoms with van der Waals surface area (Å²) in [5.41, 5.74) is 3.69. The number of hydrogen-bond donors (Lipinski definition) is 0. The molecule has 2 aromatic heterocycles. The van der Waals surface area contributed by atoms with E-state index in [1.165, 1.54) is 5.56 Å². The predicted molar refractivity (Wildman–Crippen MR) is 122 cm³/mol. The van der Waals surface area contributed by atoms with Crippen molar-refractivity contribution in [3.05, 3.63) is 77.4 Å². The number of piperidine rings is 1. The Morgan fingerprint density at radius 1 is 1.03 bits per heavy atom. The van der Waals surface area contributed by atoms with Crippen molar-refractivity contribution in [2.24, 2.45) is 5.92 Å². The van der Waals surface area contributed by atoms with Crippen LogP contribution in [0.3, 0.4) is 0 Å². The molecule has 166 valence electrons. The molecule has 1 aliphatic rings. The van der Waals surface area contributed by atoms with Gasteiger partial charge in [0.15, 0.2) is 6.61 Å². The third-order valence-electron chi connectivity index (χ3n) is 6.07. The molecule has 0 aliphatic carbocycles. The number of ketones is 1. The highest BCUT2D eigenvalue weighted by Crippen LogP contribution is 2.22. The highest BCUT2D eigenvalue weighted by molar-refractivity contribution is 5.99. The van der Waals surface area contributed by atoms with Gasteiger partial charge in [0.2, 0.25) is 11.7 Å². The summed E-state index contributed by atoms with van der Waals surface area (Å²) >= 11 is 0. The Hall–Kier alpha value is -3.48. The fourth-order valence-corrected chi connectivity index (χ4v) is 4.19. The number of carbonyl (C=O) groups is 2. The maximum Gasteiger partial charge on any atom is 0.309 e. The molecule has 0 unspecified atom stereocenters. The lowest BCUT2D eigenvalue weighted by atomic mass is 9.97. The quantitative estimate of drug-likeness (QED) is 0.420. The van der Waals surface area contributed by atoms with Gasteiger partial charge in [-0.05, 0) is 44.4 Å². The minimum Gasteiger partial charge on any atom is -0.457 e. The van der Waals surface area contributed by atoms with Crippen LogP contribution in [-0.2, 0) is 16.1 Å². The van der Waals surface area contributed by atoms with Gasteiger partial charge in [0.25, 0.3) is 0 Å². The van der Waals surface area contributed by atoms with E-state index >= 15 is 0 Å². The van der Waals surface area contributed by atoms with Crippen LogP contribution in [0.25, 0.3) is 0 Å². The molecule has 3 aromatic rings. The van der Waals surface area contributed by atoms with Crippen molar-refractivity contribution in [2.45, 2.75) is 33.2 Å². The van der Waals surface area contributed by atoms with Crippen molar-refractivity contribution in [1.82, 2.24) is 14.5 Å². The van der Waals surface area contributed by atoms with E-state index in [2.05, 4.69) is 31.6 Å². The zero-order valence-corrected chi connectivity index (χ0v) is 18.5. The number of nitrogens with zero attached hydrogens (tertiary/aromatic N) is 4. The number of rotatable bonds is 7. The van der Waals surface area contributed by atoms with E-state index in [4.69, 9.17) is 4.74 Å². The summed E-state index contributed by atoms with van der Waals surface area (Å²) in [6, 6.07) is 13.8. The largest absolute Gasteiger partial charge is 0.457 e. The Bertz CT molecular complexity index is 1070. The van der Waals surface area contributed by atoms with Gasteiger partial charge in [0.05, 0.1) is 5.92 Å². The summed E-state index contributed by atoms with van der Waals surface area (Å²) in [7, 11) is 0. The Labute approximate surface area is 188 Å². The highest BCUT2D eigenvalue weighted by atomic mass is 16.5. The molecule has 3 heterocycles. The second-order valence-electron chi connectivity index (χ2n) is 8.20. The second kappa shape index (κ2) is 9.77. The molecule has 0 bridgehead atoms. The standard InChI is InChI=1S/C25H28N4O3/c1-18-15-22(19(2)29(18)16-20-7-4-3-5-8-20)23(30)17-32-24(31)21-9-13-28(14-10-21)25-26-11-6-12-27-25/h3-8,11-12,15,21H,9-10,13-14,16-17H2,1-2H3. The Kier molecular flexibility index (Phi) is 6.63. The number of hydrogen-bond acceptors (Lipinski definition) is 6. The fourth-order valence-electron chi connectivity index (χ4n) is 4.19. The summed E-state index contributed by atoms with van der Waals surface area (Å²) < 4.78 is 7.53. The number of Topliss-reactive ketones (excluding diaryl/α,β-unsaturated/α-hetero) is 1. The van der Waals surface area contributed by atoms with Crippen molar-refractivity contribution in [3.63, 3.8) is 0 Å². The Morgan fingerprint density at radius 3 is 2.41 bits per heavy atom. The lowest BCUT2D eigenvalue weighted by Crippen LogP contribution is -2.38. The van der Waals surface area contributed by atoms with Gasteiger partial charge < -0.3 is 14.2 Å². The van der Waals surface area contributed by atoms with E-state index in [1.807, 2.05) is 38.1 Å². The van der Waals surface area contributed by atoms with Gasteiger partial charge in [-0.3, -0.25) is 9.59 Å². The van der Waals surface area contributed by atoms with E-state index < -0.39 is 0 Å². The molecule has 1 aliphatic heterocycles. The fraction of sp³-hybridized carbons (Fsp3) is 0.360. The molecule has 0 N–H and O–H groups in total. The second-order valence-corrected chi connectivity index (χ2v) is 8.20. The molecule has 1 aromatic carbocycles. The van der Waals surface area contributed by atoms with Gasteiger partial charge in [-0.2, -0.15) is 0 Å². The van der Waals surface area contributed by atoms with Crippen LogP contribution in [0.1, 0.15) is 40.2 Å². The lowest BCUT2D eigenvalue weighted by molar-refractivity contribution is -0.148. The topological polar surface area (TPSA) is 77.3 Å². The maximum atomic E-state index is 12.8. The Balaban J connectivity index is 1.31. The molecule has 1 saturated heterocycles. The molecule has 1 fully saturated rings. The van der Waals surface area contributed by atoms with Gasteiger partial charge in [0.1, 0.15) is 0 Å². The lowest BCUT2D eigenvalue weighted by Gasteiger charge is -2.30. The molecule has 0 atom stereocenters. The summed E-state index contributed by atoms with van der Waals surface area (Å²) in [6.45, 7) is 5.79. The average molecular weight is 433 g/mol. The van der Waals surface area contributed by atoms with Gasteiger partial charge in [-0.25, -0.2) is 9.97 Å². The number of aryl methyl sites for hydroxylation is 1. The molecule has 32 heavy (non-hydrogen) atoms. The van der Waals surface area contributed by atoms with Crippen LogP contribution in [0, 0.1) is 19.8 Å². The number of benzene rings is 1. The van der Waals surface area contributed by atoms with Crippen LogP contribution in [-0.4, -0.2) is 46.0 Å². The molecular formula is C25H28N4O3. The first-order valence-electron chi connectivity index (χ1n) is 11.0. The molecule has 0 spiro atoms. The monoisotopic (exact) mass is 432 g/mol. The highest BCUT2D eigenvalue weighted by Gasteiger charge is 2.28. The van der Waals surface area contributed by atoms with Crippen LogP contribution in [0.2, 0.25) is 0 Å². The number of carbonyl (C=O) groups excluding carboxylic acids is 2. The van der Waals surface area contributed by atoms with Crippen molar-refractivity contribution in [2.75, 3.05) is 24.6 Å². The molecule has 4 rings (SSSR count). The van der Waals surface area contributed by atoms with Gasteiger partial charge in [-0.1, -0.05) is 30.3 Å². The molecule has 0 saturated carbocycles. The zero-order valence-electron chi connectivity index (χ0n) is 18.5. The summed E-state index contributed by atoms with van der Waals surface area (Å²) in [6.07, 6.45) is 4.75. The minimum atomic E-state index is -0.301. The third kappa shape index (κ3) is 4.88. The van der Waals surface area contributed by atoms with Gasteiger partial charge >= 0.3 is 5.97 Å². The molecular weight excluding hydrogens is 404 g/mol.